The Hall–Kier alpha value is -0.120. The molecule has 1 aliphatic rings. The maximum Gasteiger partial charge on any atom is 0.0593 e. The van der Waals surface area contributed by atoms with E-state index in [-0.39, 0.29) is 0 Å². The molecule has 0 aliphatic heterocycles. The van der Waals surface area contributed by atoms with Crippen LogP contribution in [0.1, 0.15) is 33.1 Å². The Morgan fingerprint density at radius 2 is 2.12 bits per heavy atom. The lowest BCUT2D eigenvalue weighted by Gasteiger charge is -2.27. The zero-order valence-electron chi connectivity index (χ0n) is 11.2. The monoisotopic (exact) mass is 228 g/mol. The zero-order chi connectivity index (χ0) is 11.8. The molecule has 1 rings (SSSR count). The fourth-order valence-corrected chi connectivity index (χ4v) is 2.68. The van der Waals surface area contributed by atoms with Crippen LogP contribution < -0.4 is 5.32 Å². The molecule has 0 heterocycles. The van der Waals surface area contributed by atoms with Gasteiger partial charge in [0.15, 0.2) is 0 Å². The topological polar surface area (TPSA) is 24.5 Å². The number of hydrogen-bond donors (Lipinski definition) is 1. The summed E-state index contributed by atoms with van der Waals surface area (Å²) in [6, 6.07) is 0.737. The molecule has 1 saturated carbocycles. The lowest BCUT2D eigenvalue weighted by molar-refractivity contribution is 0.107. The highest BCUT2D eigenvalue weighted by Crippen LogP contribution is 2.26. The molecule has 0 aromatic heterocycles. The third-order valence-corrected chi connectivity index (χ3v) is 3.73. The Morgan fingerprint density at radius 3 is 2.75 bits per heavy atom. The highest BCUT2D eigenvalue weighted by atomic mass is 16.5. The van der Waals surface area contributed by atoms with Crippen molar-refractivity contribution < 1.29 is 4.74 Å². The van der Waals surface area contributed by atoms with Crippen molar-refractivity contribution in [1.29, 1.82) is 0 Å². The van der Waals surface area contributed by atoms with E-state index in [1.165, 1.54) is 25.8 Å². The Morgan fingerprint density at radius 1 is 1.31 bits per heavy atom. The van der Waals surface area contributed by atoms with Gasteiger partial charge in [0.2, 0.25) is 0 Å². The van der Waals surface area contributed by atoms with Gasteiger partial charge in [-0.1, -0.05) is 13.3 Å². The van der Waals surface area contributed by atoms with E-state index in [1.807, 2.05) is 0 Å². The summed E-state index contributed by atoms with van der Waals surface area (Å²) in [4.78, 5) is 2.52. The van der Waals surface area contributed by atoms with Crippen molar-refractivity contribution in [2.45, 2.75) is 39.2 Å². The van der Waals surface area contributed by atoms with E-state index in [0.29, 0.717) is 0 Å². The molecule has 3 heteroatoms. The van der Waals surface area contributed by atoms with Crippen LogP contribution in [0.2, 0.25) is 0 Å². The van der Waals surface area contributed by atoms with Crippen LogP contribution in [0.25, 0.3) is 0 Å². The second-order valence-electron chi connectivity index (χ2n) is 4.68. The third-order valence-electron chi connectivity index (χ3n) is 3.73. The molecule has 1 fully saturated rings. The van der Waals surface area contributed by atoms with Crippen molar-refractivity contribution in [1.82, 2.24) is 10.2 Å². The highest BCUT2D eigenvalue weighted by Gasteiger charge is 2.26. The van der Waals surface area contributed by atoms with Gasteiger partial charge in [0.25, 0.3) is 0 Å². The first-order chi connectivity index (χ1) is 7.81. The van der Waals surface area contributed by atoms with Gasteiger partial charge in [0, 0.05) is 25.7 Å². The summed E-state index contributed by atoms with van der Waals surface area (Å²) in [5.74, 6) is 0.839. The van der Waals surface area contributed by atoms with E-state index in [0.717, 1.165) is 38.3 Å². The minimum Gasteiger partial charge on any atom is -0.380 e. The van der Waals surface area contributed by atoms with Crippen LogP contribution in [0, 0.1) is 5.92 Å². The Bertz CT molecular complexity index is 175. The van der Waals surface area contributed by atoms with Gasteiger partial charge in [-0.05, 0) is 39.3 Å². The average molecular weight is 228 g/mol. The number of likely N-dealkylation sites (N-methyl/N-ethyl adjacent to an activating group) is 1. The van der Waals surface area contributed by atoms with Crippen LogP contribution in [-0.4, -0.2) is 50.8 Å². The summed E-state index contributed by atoms with van der Waals surface area (Å²) in [5.41, 5.74) is 0. The highest BCUT2D eigenvalue weighted by molar-refractivity contribution is 4.84. The molecule has 2 atom stereocenters. The fraction of sp³-hybridized carbons (Fsp3) is 1.00. The maximum atomic E-state index is 5.43. The molecule has 1 aliphatic carbocycles. The summed E-state index contributed by atoms with van der Waals surface area (Å²) in [7, 11) is 2.10. The van der Waals surface area contributed by atoms with Gasteiger partial charge >= 0.3 is 0 Å². The Labute approximate surface area is 101 Å². The molecule has 0 aromatic carbocycles. The smallest absolute Gasteiger partial charge is 0.0593 e. The van der Waals surface area contributed by atoms with Crippen LogP contribution >= 0.6 is 0 Å². The van der Waals surface area contributed by atoms with E-state index in [1.54, 1.807) is 0 Å². The number of ether oxygens (including phenoxy) is 1. The average Bonchev–Trinajstić information content (AvgIpc) is 2.75. The van der Waals surface area contributed by atoms with Gasteiger partial charge in [0.1, 0.15) is 0 Å². The van der Waals surface area contributed by atoms with Crippen LogP contribution in [-0.2, 0) is 4.74 Å². The molecule has 16 heavy (non-hydrogen) atoms. The summed E-state index contributed by atoms with van der Waals surface area (Å²) in [6.45, 7) is 9.47. The molecule has 2 unspecified atom stereocenters. The van der Waals surface area contributed by atoms with Crippen molar-refractivity contribution in [2.75, 3.05) is 39.9 Å². The number of nitrogens with one attached hydrogen (secondary N) is 1. The summed E-state index contributed by atoms with van der Waals surface area (Å²) < 4.78 is 5.43. The van der Waals surface area contributed by atoms with Gasteiger partial charge in [-0.15, -0.1) is 0 Å². The van der Waals surface area contributed by atoms with Crippen molar-refractivity contribution in [3.63, 3.8) is 0 Å². The quantitative estimate of drug-likeness (QED) is 0.640. The first-order valence-electron chi connectivity index (χ1n) is 6.79. The van der Waals surface area contributed by atoms with Gasteiger partial charge in [0.05, 0.1) is 6.61 Å². The maximum absolute atomic E-state index is 5.43. The number of nitrogens with zero attached hydrogens (tertiary/aromatic N) is 1. The van der Waals surface area contributed by atoms with Gasteiger partial charge < -0.3 is 15.0 Å². The summed E-state index contributed by atoms with van der Waals surface area (Å²) in [6.07, 6.45) is 4.13. The molecule has 0 bridgehead atoms. The van der Waals surface area contributed by atoms with Gasteiger partial charge in [-0.25, -0.2) is 0 Å². The first kappa shape index (κ1) is 13.9. The largest absolute Gasteiger partial charge is 0.380 e. The molecular weight excluding hydrogens is 200 g/mol. The van der Waals surface area contributed by atoms with Crippen molar-refractivity contribution in [3.05, 3.63) is 0 Å². The van der Waals surface area contributed by atoms with E-state index in [9.17, 15) is 0 Å². The van der Waals surface area contributed by atoms with Crippen molar-refractivity contribution >= 4 is 0 Å². The minimum atomic E-state index is 0.737. The molecular formula is C13H28N2O. The predicted molar refractivity (Wildman–Crippen MR) is 68.8 cm³/mol. The predicted octanol–water partition coefficient (Wildman–Crippen LogP) is 1.73. The first-order valence-corrected chi connectivity index (χ1v) is 6.79. The van der Waals surface area contributed by atoms with E-state index in [2.05, 4.69) is 31.1 Å². The third kappa shape index (κ3) is 4.40. The zero-order valence-corrected chi connectivity index (χ0v) is 11.2. The second-order valence-corrected chi connectivity index (χ2v) is 4.68. The van der Waals surface area contributed by atoms with E-state index < -0.39 is 0 Å². The molecule has 3 nitrogen and oxygen atoms in total. The van der Waals surface area contributed by atoms with Crippen LogP contribution in [0.4, 0.5) is 0 Å². The lowest BCUT2D eigenvalue weighted by Crippen LogP contribution is -2.39. The van der Waals surface area contributed by atoms with Gasteiger partial charge in [-0.3, -0.25) is 0 Å². The Balaban J connectivity index is 2.25. The lowest BCUT2D eigenvalue weighted by atomic mass is 10.0. The molecule has 0 aromatic rings. The molecule has 0 saturated heterocycles. The second kappa shape index (κ2) is 8.04. The molecule has 1 N–H and O–H groups in total. The standard InChI is InChI=1S/C13H28N2O/c1-4-15(9-10-16-5-2)11-12-7-6-8-13(12)14-3/h12-14H,4-11H2,1-3H3. The van der Waals surface area contributed by atoms with Crippen LogP contribution in [0.3, 0.4) is 0 Å². The number of hydrogen-bond acceptors (Lipinski definition) is 3. The van der Waals surface area contributed by atoms with Crippen molar-refractivity contribution in [3.8, 4) is 0 Å². The van der Waals surface area contributed by atoms with Crippen LogP contribution in [0.5, 0.6) is 0 Å². The molecule has 0 radical (unpaired) electrons. The molecule has 0 amide bonds. The SMILES string of the molecule is CCOCCN(CC)CC1CCCC1NC. The summed E-state index contributed by atoms with van der Waals surface area (Å²) in [5, 5.41) is 3.45. The van der Waals surface area contributed by atoms with Gasteiger partial charge in [-0.2, -0.15) is 0 Å². The fourth-order valence-electron chi connectivity index (χ4n) is 2.68. The molecule has 96 valence electrons. The summed E-state index contributed by atoms with van der Waals surface area (Å²) >= 11 is 0. The van der Waals surface area contributed by atoms with Crippen molar-refractivity contribution in [2.24, 2.45) is 5.92 Å². The molecule has 0 spiro atoms. The van der Waals surface area contributed by atoms with E-state index >= 15 is 0 Å². The minimum absolute atomic E-state index is 0.737. The normalized spacial score (nSPS) is 25.5. The van der Waals surface area contributed by atoms with E-state index in [4.69, 9.17) is 4.74 Å². The van der Waals surface area contributed by atoms with Crippen LogP contribution in [0.15, 0.2) is 0 Å². The number of rotatable bonds is 8. The Kier molecular flexibility index (Phi) is 7.01.